The van der Waals surface area contributed by atoms with Gasteiger partial charge in [-0.25, -0.2) is 4.39 Å². The number of hydrogen-bond acceptors (Lipinski definition) is 5. The lowest BCUT2D eigenvalue weighted by Crippen LogP contribution is -2.40. The molecule has 0 bridgehead atoms. The second-order valence-corrected chi connectivity index (χ2v) is 10.2. The van der Waals surface area contributed by atoms with E-state index in [0.717, 1.165) is 24.0 Å². The van der Waals surface area contributed by atoms with Crippen molar-refractivity contribution in [3.05, 3.63) is 108 Å². The first-order valence-corrected chi connectivity index (χ1v) is 13.0. The van der Waals surface area contributed by atoms with Crippen LogP contribution in [0.25, 0.3) is 11.1 Å². The number of nitrogens with zero attached hydrogens (tertiary/aromatic N) is 2. The van der Waals surface area contributed by atoms with Crippen molar-refractivity contribution in [1.29, 1.82) is 0 Å². The van der Waals surface area contributed by atoms with Crippen LogP contribution in [0, 0.1) is 11.2 Å². The molecule has 5 nitrogen and oxygen atoms in total. The summed E-state index contributed by atoms with van der Waals surface area (Å²) in [5.41, 5.74) is 3.93. The molecule has 6 heteroatoms. The van der Waals surface area contributed by atoms with E-state index in [1.54, 1.807) is 12.1 Å². The maximum atomic E-state index is 15.4. The Kier molecular flexibility index (Phi) is 7.89. The molecule has 38 heavy (non-hydrogen) atoms. The van der Waals surface area contributed by atoms with Crippen LogP contribution in [0.2, 0.25) is 0 Å². The third-order valence-electron chi connectivity index (χ3n) is 7.23. The molecule has 0 aliphatic carbocycles. The number of aliphatic hydroxyl groups is 1. The highest BCUT2D eigenvalue weighted by atomic mass is 19.1. The monoisotopic (exact) mass is 512 g/mol. The Hall–Kier alpha value is -3.90. The molecule has 0 unspecified atom stereocenters. The van der Waals surface area contributed by atoms with Gasteiger partial charge < -0.3 is 19.5 Å². The topological polar surface area (TPSA) is 54.8 Å². The Labute approximate surface area is 223 Å². The van der Waals surface area contributed by atoms with Crippen LogP contribution in [-0.2, 0) is 13.2 Å². The lowest BCUT2D eigenvalue weighted by Gasteiger charge is -2.39. The molecule has 1 N–H and O–H groups in total. The molecule has 5 rings (SSSR count). The van der Waals surface area contributed by atoms with Crippen molar-refractivity contribution < 1.29 is 19.0 Å². The van der Waals surface area contributed by atoms with Crippen molar-refractivity contribution in [3.8, 4) is 22.9 Å². The largest absolute Gasteiger partial charge is 0.473 e. The molecule has 1 aromatic heterocycles. The van der Waals surface area contributed by atoms with Crippen molar-refractivity contribution >= 4 is 5.69 Å². The van der Waals surface area contributed by atoms with Gasteiger partial charge in [0.25, 0.3) is 0 Å². The van der Waals surface area contributed by atoms with Crippen molar-refractivity contribution in [3.63, 3.8) is 0 Å². The predicted octanol–water partition coefficient (Wildman–Crippen LogP) is 6.64. The minimum Gasteiger partial charge on any atom is -0.473 e. The average Bonchev–Trinajstić information content (AvgIpc) is 2.97. The molecule has 1 aliphatic rings. The van der Waals surface area contributed by atoms with Gasteiger partial charge in [0.05, 0.1) is 5.69 Å². The number of ether oxygens (including phenoxy) is 2. The number of anilines is 1. The zero-order chi connectivity index (χ0) is 26.4. The number of hydrogen-bond donors (Lipinski definition) is 1. The molecule has 0 radical (unpaired) electrons. The quantitative estimate of drug-likeness (QED) is 0.272. The van der Waals surface area contributed by atoms with E-state index in [1.807, 2.05) is 78.9 Å². The molecule has 1 aliphatic heterocycles. The van der Waals surface area contributed by atoms with Crippen LogP contribution < -0.4 is 14.4 Å². The second kappa shape index (κ2) is 11.7. The average molecular weight is 513 g/mol. The summed E-state index contributed by atoms with van der Waals surface area (Å²) < 4.78 is 27.5. The molecule has 0 spiro atoms. The van der Waals surface area contributed by atoms with Crippen molar-refractivity contribution in [2.75, 3.05) is 24.6 Å². The van der Waals surface area contributed by atoms with Gasteiger partial charge in [-0.2, -0.15) is 4.98 Å². The van der Waals surface area contributed by atoms with Gasteiger partial charge in [0.15, 0.2) is 0 Å². The summed E-state index contributed by atoms with van der Waals surface area (Å²) in [5.74, 6) is 0.551. The van der Waals surface area contributed by atoms with Gasteiger partial charge in [0.2, 0.25) is 11.8 Å². The summed E-state index contributed by atoms with van der Waals surface area (Å²) in [4.78, 5) is 6.70. The first-order valence-electron chi connectivity index (χ1n) is 13.0. The summed E-state index contributed by atoms with van der Waals surface area (Å²) in [6.07, 6.45) is 1.66. The van der Waals surface area contributed by atoms with E-state index >= 15 is 4.39 Å². The molecule has 1 fully saturated rings. The van der Waals surface area contributed by atoms with E-state index in [1.165, 1.54) is 0 Å². The molecule has 1 saturated heterocycles. The number of aromatic nitrogens is 1. The van der Waals surface area contributed by atoms with Gasteiger partial charge in [-0.1, -0.05) is 73.7 Å². The third-order valence-corrected chi connectivity index (χ3v) is 7.23. The van der Waals surface area contributed by atoms with Crippen molar-refractivity contribution in [2.45, 2.75) is 33.0 Å². The van der Waals surface area contributed by atoms with E-state index in [-0.39, 0.29) is 17.8 Å². The highest BCUT2D eigenvalue weighted by Gasteiger charge is 2.30. The molecule has 0 atom stereocenters. The lowest BCUT2D eigenvalue weighted by molar-refractivity contribution is 0.114. The third kappa shape index (κ3) is 6.14. The van der Waals surface area contributed by atoms with Crippen molar-refractivity contribution in [1.82, 2.24) is 4.98 Å². The fourth-order valence-corrected chi connectivity index (χ4v) is 4.67. The van der Waals surface area contributed by atoms with Crippen LogP contribution in [-0.4, -0.2) is 29.8 Å². The summed E-state index contributed by atoms with van der Waals surface area (Å²) in [5, 5.41) is 9.66. The molecule has 0 saturated carbocycles. The predicted molar refractivity (Wildman–Crippen MR) is 148 cm³/mol. The summed E-state index contributed by atoms with van der Waals surface area (Å²) in [6, 6.07) is 28.7. The summed E-state index contributed by atoms with van der Waals surface area (Å²) in [6.45, 7) is 4.40. The maximum absolute atomic E-state index is 15.4. The van der Waals surface area contributed by atoms with E-state index in [2.05, 4.69) is 16.8 Å². The smallest absolute Gasteiger partial charge is 0.225 e. The standard InChI is InChI=1S/C32H33FN2O3/c1-32(23-36)16-18-35(19-17-32)29-14-12-26(20-28(29)33)27-13-15-30(37-21-24-8-4-2-5-9-24)34-31(27)38-22-25-10-6-3-7-11-25/h2-15,20,36H,16-19,21-23H2,1H3. The zero-order valence-electron chi connectivity index (χ0n) is 21.6. The number of aliphatic hydroxyl groups excluding tert-OH is 1. The fourth-order valence-electron chi connectivity index (χ4n) is 4.67. The van der Waals surface area contributed by atoms with Gasteiger partial charge in [0, 0.05) is 31.3 Å². The van der Waals surface area contributed by atoms with E-state index in [4.69, 9.17) is 9.47 Å². The minimum atomic E-state index is -0.284. The molecule has 3 aromatic carbocycles. The minimum absolute atomic E-state index is 0.0894. The molecule has 196 valence electrons. The fraction of sp³-hybridized carbons (Fsp3) is 0.281. The number of rotatable bonds is 9. The van der Waals surface area contributed by atoms with Crippen LogP contribution in [0.1, 0.15) is 30.9 Å². The molecular formula is C32H33FN2O3. The van der Waals surface area contributed by atoms with Crippen LogP contribution in [0.15, 0.2) is 91.0 Å². The SMILES string of the molecule is CC1(CO)CCN(c2ccc(-c3ccc(OCc4ccccc4)nc3OCc3ccccc3)cc2F)CC1. The molecule has 0 amide bonds. The van der Waals surface area contributed by atoms with Gasteiger partial charge in [0.1, 0.15) is 19.0 Å². The summed E-state index contributed by atoms with van der Waals surface area (Å²) >= 11 is 0. The van der Waals surface area contributed by atoms with E-state index < -0.39 is 0 Å². The van der Waals surface area contributed by atoms with E-state index in [9.17, 15) is 5.11 Å². The number of piperidine rings is 1. The normalized spacial score (nSPS) is 14.8. The lowest BCUT2D eigenvalue weighted by atomic mass is 9.81. The molecule has 4 aromatic rings. The number of benzene rings is 3. The van der Waals surface area contributed by atoms with E-state index in [0.29, 0.717) is 54.9 Å². The number of pyridine rings is 1. The first-order chi connectivity index (χ1) is 18.5. The van der Waals surface area contributed by atoms with Crippen LogP contribution in [0.3, 0.4) is 0 Å². The first kappa shape index (κ1) is 25.7. The van der Waals surface area contributed by atoms with Gasteiger partial charge in [-0.3, -0.25) is 0 Å². The molecule has 2 heterocycles. The second-order valence-electron chi connectivity index (χ2n) is 10.2. The number of halogens is 1. The Bertz CT molecular complexity index is 1340. The van der Waals surface area contributed by atoms with Crippen LogP contribution >= 0.6 is 0 Å². The maximum Gasteiger partial charge on any atom is 0.225 e. The van der Waals surface area contributed by atoms with Crippen LogP contribution in [0.4, 0.5) is 10.1 Å². The van der Waals surface area contributed by atoms with Crippen LogP contribution in [0.5, 0.6) is 11.8 Å². The van der Waals surface area contributed by atoms with Gasteiger partial charge in [-0.15, -0.1) is 0 Å². The Morgan fingerprint density at radius 3 is 2.08 bits per heavy atom. The van der Waals surface area contributed by atoms with Crippen molar-refractivity contribution in [2.24, 2.45) is 5.41 Å². The van der Waals surface area contributed by atoms with Gasteiger partial charge >= 0.3 is 0 Å². The molecular weight excluding hydrogens is 479 g/mol. The summed E-state index contributed by atoms with van der Waals surface area (Å²) in [7, 11) is 0. The Morgan fingerprint density at radius 2 is 1.47 bits per heavy atom. The van der Waals surface area contributed by atoms with Gasteiger partial charge in [-0.05, 0) is 53.1 Å². The Morgan fingerprint density at radius 1 is 0.842 bits per heavy atom. The highest BCUT2D eigenvalue weighted by molar-refractivity contribution is 5.71. The Balaban J connectivity index is 1.38. The zero-order valence-corrected chi connectivity index (χ0v) is 21.6. The highest BCUT2D eigenvalue weighted by Crippen LogP contribution is 2.36.